The summed E-state index contributed by atoms with van der Waals surface area (Å²) in [5, 5.41) is 0.416. The number of benzene rings is 1. The second-order valence-corrected chi connectivity index (χ2v) is 4.94. The lowest BCUT2D eigenvalue weighted by Gasteiger charge is -2.13. The van der Waals surface area contributed by atoms with Crippen molar-refractivity contribution in [3.05, 3.63) is 33.0 Å². The predicted molar refractivity (Wildman–Crippen MR) is 59.1 cm³/mol. The second kappa shape index (κ2) is 3.47. The van der Waals surface area contributed by atoms with Gasteiger partial charge in [0.25, 0.3) is 0 Å². The quantitative estimate of drug-likeness (QED) is 0.826. The van der Waals surface area contributed by atoms with Crippen molar-refractivity contribution in [3.63, 3.8) is 0 Å². The first kappa shape index (κ1) is 10.4. The van der Waals surface area contributed by atoms with Crippen molar-refractivity contribution in [1.29, 1.82) is 0 Å². The molecule has 1 aliphatic rings. The first-order valence-corrected chi connectivity index (χ1v) is 5.61. The highest BCUT2D eigenvalue weighted by Gasteiger charge is 2.43. The summed E-state index contributed by atoms with van der Waals surface area (Å²) in [4.78, 5) is 0. The van der Waals surface area contributed by atoms with Gasteiger partial charge in [0.05, 0.1) is 9.50 Å². The van der Waals surface area contributed by atoms with Crippen LogP contribution in [0.2, 0.25) is 5.02 Å². The maximum Gasteiger partial charge on any atom is 0.139 e. The lowest BCUT2D eigenvalue weighted by atomic mass is 9.96. The summed E-state index contributed by atoms with van der Waals surface area (Å²) in [6.07, 6.45) is 2.06. The molecule has 76 valence electrons. The van der Waals surface area contributed by atoms with Crippen LogP contribution in [0.3, 0.4) is 0 Å². The Morgan fingerprint density at radius 2 is 2.14 bits per heavy atom. The van der Waals surface area contributed by atoms with E-state index in [1.54, 1.807) is 6.07 Å². The van der Waals surface area contributed by atoms with E-state index < -0.39 is 0 Å². The molecule has 0 aromatic heterocycles. The van der Waals surface area contributed by atoms with Crippen LogP contribution in [-0.2, 0) is 5.41 Å². The summed E-state index contributed by atoms with van der Waals surface area (Å²) in [6.45, 7) is 0.560. The third-order valence-corrected chi connectivity index (χ3v) is 4.17. The van der Waals surface area contributed by atoms with Crippen molar-refractivity contribution in [2.45, 2.75) is 18.3 Å². The molecule has 0 aliphatic heterocycles. The Balaban J connectivity index is 2.46. The lowest BCUT2D eigenvalue weighted by Crippen LogP contribution is -2.19. The van der Waals surface area contributed by atoms with E-state index in [4.69, 9.17) is 17.3 Å². The highest BCUT2D eigenvalue weighted by molar-refractivity contribution is 9.10. The smallest absolute Gasteiger partial charge is 0.139 e. The van der Waals surface area contributed by atoms with Gasteiger partial charge in [0.1, 0.15) is 5.82 Å². The van der Waals surface area contributed by atoms with E-state index in [0.29, 0.717) is 16.0 Å². The van der Waals surface area contributed by atoms with Crippen LogP contribution in [0.15, 0.2) is 16.6 Å². The zero-order valence-corrected chi connectivity index (χ0v) is 9.83. The van der Waals surface area contributed by atoms with Gasteiger partial charge in [-0.05, 0) is 46.5 Å². The fourth-order valence-corrected chi connectivity index (χ4v) is 2.06. The molecule has 0 radical (unpaired) electrons. The van der Waals surface area contributed by atoms with Crippen LogP contribution in [0.4, 0.5) is 4.39 Å². The van der Waals surface area contributed by atoms with Crippen LogP contribution in [0.1, 0.15) is 18.4 Å². The van der Waals surface area contributed by atoms with Gasteiger partial charge >= 0.3 is 0 Å². The largest absolute Gasteiger partial charge is 0.330 e. The van der Waals surface area contributed by atoms with E-state index in [9.17, 15) is 4.39 Å². The van der Waals surface area contributed by atoms with Gasteiger partial charge in [0, 0.05) is 12.0 Å². The van der Waals surface area contributed by atoms with Crippen molar-refractivity contribution in [3.8, 4) is 0 Å². The Morgan fingerprint density at radius 3 is 2.57 bits per heavy atom. The molecular weight excluding hydrogens is 268 g/mol. The number of hydrogen-bond donors (Lipinski definition) is 1. The van der Waals surface area contributed by atoms with E-state index in [1.807, 2.05) is 0 Å². The van der Waals surface area contributed by atoms with E-state index in [2.05, 4.69) is 15.9 Å². The van der Waals surface area contributed by atoms with Crippen molar-refractivity contribution < 1.29 is 4.39 Å². The van der Waals surface area contributed by atoms with Crippen LogP contribution in [0.25, 0.3) is 0 Å². The van der Waals surface area contributed by atoms with Crippen LogP contribution in [-0.4, -0.2) is 6.54 Å². The number of nitrogens with two attached hydrogens (primary N) is 1. The highest BCUT2D eigenvalue weighted by Crippen LogP contribution is 2.48. The molecule has 0 amide bonds. The maximum absolute atomic E-state index is 13.4. The Morgan fingerprint density at radius 1 is 1.50 bits per heavy atom. The SMILES string of the molecule is NCC1(c2cc(F)c(Br)c(Cl)c2)CC1. The normalized spacial score (nSPS) is 18.3. The summed E-state index contributed by atoms with van der Waals surface area (Å²) in [5.74, 6) is -0.313. The molecule has 0 unspecified atom stereocenters. The summed E-state index contributed by atoms with van der Waals surface area (Å²) in [7, 11) is 0. The molecule has 0 heterocycles. The Bertz CT molecular complexity index is 353. The van der Waals surface area contributed by atoms with Gasteiger partial charge in [-0.3, -0.25) is 0 Å². The average Bonchev–Trinajstić information content (AvgIpc) is 2.94. The summed E-state index contributed by atoms with van der Waals surface area (Å²) in [5.41, 5.74) is 6.57. The molecule has 1 fully saturated rings. The van der Waals surface area contributed by atoms with Gasteiger partial charge < -0.3 is 5.73 Å². The van der Waals surface area contributed by atoms with Gasteiger partial charge in [-0.2, -0.15) is 0 Å². The molecule has 2 N–H and O–H groups in total. The molecule has 4 heteroatoms. The molecule has 2 rings (SSSR count). The Hall–Kier alpha value is -0.120. The molecule has 1 nitrogen and oxygen atoms in total. The zero-order valence-electron chi connectivity index (χ0n) is 7.49. The topological polar surface area (TPSA) is 26.0 Å². The van der Waals surface area contributed by atoms with E-state index in [-0.39, 0.29) is 11.2 Å². The Labute approximate surface area is 95.6 Å². The minimum Gasteiger partial charge on any atom is -0.330 e. The molecule has 1 aliphatic carbocycles. The third kappa shape index (κ3) is 1.58. The Kier molecular flexibility index (Phi) is 2.58. The van der Waals surface area contributed by atoms with E-state index in [0.717, 1.165) is 18.4 Å². The molecule has 1 aromatic rings. The van der Waals surface area contributed by atoms with Crippen molar-refractivity contribution in [1.82, 2.24) is 0 Å². The fourth-order valence-electron chi connectivity index (χ4n) is 1.62. The van der Waals surface area contributed by atoms with Crippen molar-refractivity contribution in [2.24, 2.45) is 5.73 Å². The fraction of sp³-hybridized carbons (Fsp3) is 0.400. The van der Waals surface area contributed by atoms with Gasteiger partial charge in [-0.15, -0.1) is 0 Å². The summed E-state index contributed by atoms with van der Waals surface area (Å²) >= 11 is 8.97. The monoisotopic (exact) mass is 277 g/mol. The maximum atomic E-state index is 13.4. The van der Waals surface area contributed by atoms with Crippen LogP contribution >= 0.6 is 27.5 Å². The van der Waals surface area contributed by atoms with Gasteiger partial charge in [-0.1, -0.05) is 11.6 Å². The molecule has 14 heavy (non-hydrogen) atoms. The molecule has 0 atom stereocenters. The van der Waals surface area contributed by atoms with Crippen LogP contribution in [0, 0.1) is 5.82 Å². The molecule has 0 bridgehead atoms. The minimum atomic E-state index is -0.313. The number of hydrogen-bond acceptors (Lipinski definition) is 1. The minimum absolute atomic E-state index is 0.00875. The van der Waals surface area contributed by atoms with Gasteiger partial charge in [0.15, 0.2) is 0 Å². The predicted octanol–water partition coefficient (Wildman–Crippen LogP) is 3.23. The summed E-state index contributed by atoms with van der Waals surface area (Å²) in [6, 6.07) is 3.32. The van der Waals surface area contributed by atoms with Crippen LogP contribution in [0.5, 0.6) is 0 Å². The summed E-state index contributed by atoms with van der Waals surface area (Å²) < 4.78 is 13.7. The van der Waals surface area contributed by atoms with Gasteiger partial charge in [0.2, 0.25) is 0 Å². The molecule has 1 aromatic carbocycles. The highest BCUT2D eigenvalue weighted by atomic mass is 79.9. The van der Waals surface area contributed by atoms with Crippen molar-refractivity contribution >= 4 is 27.5 Å². The van der Waals surface area contributed by atoms with Gasteiger partial charge in [-0.25, -0.2) is 4.39 Å². The van der Waals surface area contributed by atoms with E-state index >= 15 is 0 Å². The van der Waals surface area contributed by atoms with E-state index in [1.165, 1.54) is 6.07 Å². The first-order chi connectivity index (χ1) is 6.59. The molecular formula is C10H10BrClFN. The molecule has 0 spiro atoms. The standard InChI is InChI=1S/C10H10BrClFN/c11-9-7(12)3-6(4-8(9)13)10(5-14)1-2-10/h3-4H,1-2,5,14H2. The van der Waals surface area contributed by atoms with Crippen molar-refractivity contribution in [2.75, 3.05) is 6.54 Å². The first-order valence-electron chi connectivity index (χ1n) is 4.44. The third-order valence-electron chi connectivity index (χ3n) is 2.84. The number of rotatable bonds is 2. The zero-order chi connectivity index (χ0) is 10.3. The number of halogens is 3. The average molecular weight is 279 g/mol. The lowest BCUT2D eigenvalue weighted by molar-refractivity contribution is 0.610. The molecule has 1 saturated carbocycles. The molecule has 0 saturated heterocycles. The second-order valence-electron chi connectivity index (χ2n) is 3.74. The van der Waals surface area contributed by atoms with Crippen LogP contribution < -0.4 is 5.73 Å².